The first kappa shape index (κ1) is 12.5. The molecule has 4 heteroatoms. The normalized spacial score (nSPS) is 10.1. The molecule has 0 fully saturated rings. The number of thiophene rings is 1. The van der Waals surface area contributed by atoms with Crippen molar-refractivity contribution in [3.05, 3.63) is 52.4 Å². The molecular weight excluding hydrogens is 248 g/mol. The third-order valence-corrected chi connectivity index (χ3v) is 3.48. The van der Waals surface area contributed by atoms with Crippen molar-refractivity contribution in [1.29, 1.82) is 0 Å². The van der Waals surface area contributed by atoms with Crippen LogP contribution < -0.4 is 4.74 Å². The minimum Gasteiger partial charge on any atom is -0.415 e. The Labute approximate surface area is 109 Å². The molecule has 0 aliphatic carbocycles. The Balaban J connectivity index is 2.30. The second-order valence-electron chi connectivity index (χ2n) is 3.87. The van der Waals surface area contributed by atoms with Crippen LogP contribution in [0, 0.1) is 6.92 Å². The summed E-state index contributed by atoms with van der Waals surface area (Å²) in [4.78, 5) is 23.7. The van der Waals surface area contributed by atoms with Crippen molar-refractivity contribution >= 4 is 23.1 Å². The van der Waals surface area contributed by atoms with E-state index in [1.54, 1.807) is 18.2 Å². The average Bonchev–Trinajstić information content (AvgIpc) is 2.70. The standard InChI is InChI=1S/C14H12O3S/c1-9-8-12(18-14(9)17-10(2)15)13(16)11-6-4-3-5-7-11/h3-8H,1-2H3. The van der Waals surface area contributed by atoms with Crippen molar-refractivity contribution in [2.24, 2.45) is 0 Å². The molecular formula is C14H12O3S. The van der Waals surface area contributed by atoms with Crippen molar-refractivity contribution in [3.63, 3.8) is 0 Å². The van der Waals surface area contributed by atoms with Crippen molar-refractivity contribution in [3.8, 4) is 5.06 Å². The molecule has 0 aliphatic heterocycles. The van der Waals surface area contributed by atoms with Crippen LogP contribution in [0.25, 0.3) is 0 Å². The van der Waals surface area contributed by atoms with E-state index < -0.39 is 0 Å². The quantitative estimate of drug-likeness (QED) is 0.628. The number of ketones is 1. The highest BCUT2D eigenvalue weighted by atomic mass is 32.1. The fraction of sp³-hybridized carbons (Fsp3) is 0.143. The largest absolute Gasteiger partial charge is 0.415 e. The summed E-state index contributed by atoms with van der Waals surface area (Å²) in [6, 6.07) is 10.8. The molecule has 3 nitrogen and oxygen atoms in total. The first-order chi connectivity index (χ1) is 8.58. The third-order valence-electron chi connectivity index (χ3n) is 2.37. The Morgan fingerprint density at radius 1 is 1.17 bits per heavy atom. The summed E-state index contributed by atoms with van der Waals surface area (Å²) in [6.07, 6.45) is 0. The topological polar surface area (TPSA) is 43.4 Å². The molecule has 0 amide bonds. The fourth-order valence-corrected chi connectivity index (χ4v) is 2.57. The average molecular weight is 260 g/mol. The Morgan fingerprint density at radius 3 is 2.44 bits per heavy atom. The van der Waals surface area contributed by atoms with Gasteiger partial charge in [0.1, 0.15) is 0 Å². The predicted octanol–water partition coefficient (Wildman–Crippen LogP) is 3.21. The highest BCUT2D eigenvalue weighted by Gasteiger charge is 2.15. The zero-order chi connectivity index (χ0) is 13.1. The Hall–Kier alpha value is -1.94. The van der Waals surface area contributed by atoms with E-state index in [0.717, 1.165) is 5.56 Å². The van der Waals surface area contributed by atoms with E-state index >= 15 is 0 Å². The van der Waals surface area contributed by atoms with E-state index in [1.165, 1.54) is 18.3 Å². The molecule has 0 N–H and O–H groups in total. The monoisotopic (exact) mass is 260 g/mol. The van der Waals surface area contributed by atoms with Gasteiger partial charge in [0.05, 0.1) is 4.88 Å². The van der Waals surface area contributed by atoms with Gasteiger partial charge in [-0.3, -0.25) is 9.59 Å². The first-order valence-electron chi connectivity index (χ1n) is 5.46. The Kier molecular flexibility index (Phi) is 3.58. The number of aryl methyl sites for hydroxylation is 1. The Morgan fingerprint density at radius 2 is 1.83 bits per heavy atom. The van der Waals surface area contributed by atoms with Crippen LogP contribution in [-0.4, -0.2) is 11.8 Å². The molecule has 2 aromatic rings. The van der Waals surface area contributed by atoms with Gasteiger partial charge in [-0.1, -0.05) is 41.7 Å². The highest BCUT2D eigenvalue weighted by molar-refractivity contribution is 7.16. The zero-order valence-corrected chi connectivity index (χ0v) is 10.9. The summed E-state index contributed by atoms with van der Waals surface area (Å²) in [5, 5.41) is 0.488. The maximum Gasteiger partial charge on any atom is 0.308 e. The van der Waals surface area contributed by atoms with E-state index in [-0.39, 0.29) is 11.8 Å². The van der Waals surface area contributed by atoms with Gasteiger partial charge in [-0.15, -0.1) is 0 Å². The minimum atomic E-state index is -0.376. The number of benzene rings is 1. The molecule has 0 atom stereocenters. The van der Waals surface area contributed by atoms with E-state index in [2.05, 4.69) is 0 Å². The van der Waals surface area contributed by atoms with Gasteiger partial charge >= 0.3 is 5.97 Å². The number of carbonyl (C=O) groups is 2. The second-order valence-corrected chi connectivity index (χ2v) is 4.88. The predicted molar refractivity (Wildman–Crippen MR) is 70.2 cm³/mol. The summed E-state index contributed by atoms with van der Waals surface area (Å²) < 4.78 is 5.04. The van der Waals surface area contributed by atoms with Crippen LogP contribution in [0.1, 0.15) is 27.7 Å². The van der Waals surface area contributed by atoms with Crippen molar-refractivity contribution in [1.82, 2.24) is 0 Å². The van der Waals surface area contributed by atoms with Crippen LogP contribution in [0.5, 0.6) is 5.06 Å². The van der Waals surface area contributed by atoms with Gasteiger partial charge in [0.2, 0.25) is 5.78 Å². The van der Waals surface area contributed by atoms with Gasteiger partial charge in [-0.25, -0.2) is 0 Å². The number of rotatable bonds is 3. The van der Waals surface area contributed by atoms with Crippen LogP contribution >= 0.6 is 11.3 Å². The maximum absolute atomic E-state index is 12.2. The number of esters is 1. The van der Waals surface area contributed by atoms with Crippen molar-refractivity contribution in [2.75, 3.05) is 0 Å². The number of hydrogen-bond acceptors (Lipinski definition) is 4. The van der Waals surface area contributed by atoms with E-state index in [9.17, 15) is 9.59 Å². The molecule has 1 aromatic heterocycles. The number of carbonyl (C=O) groups excluding carboxylic acids is 2. The number of hydrogen-bond donors (Lipinski definition) is 0. The second kappa shape index (κ2) is 5.14. The third kappa shape index (κ3) is 2.65. The Bertz CT molecular complexity index is 584. The molecule has 0 radical (unpaired) electrons. The van der Waals surface area contributed by atoms with E-state index in [0.29, 0.717) is 15.5 Å². The number of ether oxygens (including phenoxy) is 1. The molecule has 2 rings (SSSR count). The summed E-state index contributed by atoms with van der Waals surface area (Å²) in [7, 11) is 0. The lowest BCUT2D eigenvalue weighted by molar-refractivity contribution is -0.131. The lowest BCUT2D eigenvalue weighted by atomic mass is 10.1. The molecule has 1 heterocycles. The molecule has 92 valence electrons. The van der Waals surface area contributed by atoms with Gasteiger partial charge in [0, 0.05) is 18.1 Å². The van der Waals surface area contributed by atoms with E-state index in [4.69, 9.17) is 4.74 Å². The van der Waals surface area contributed by atoms with Crippen LogP contribution in [0.15, 0.2) is 36.4 Å². The van der Waals surface area contributed by atoms with Gasteiger partial charge in [0.25, 0.3) is 0 Å². The van der Waals surface area contributed by atoms with Crippen LogP contribution in [0.3, 0.4) is 0 Å². The highest BCUT2D eigenvalue weighted by Crippen LogP contribution is 2.31. The van der Waals surface area contributed by atoms with Gasteiger partial charge in [-0.05, 0) is 13.0 Å². The smallest absolute Gasteiger partial charge is 0.308 e. The lowest BCUT2D eigenvalue weighted by Gasteiger charge is -1.97. The summed E-state index contributed by atoms with van der Waals surface area (Å²) in [5.41, 5.74) is 1.43. The zero-order valence-electron chi connectivity index (χ0n) is 10.1. The van der Waals surface area contributed by atoms with Gasteiger partial charge in [0.15, 0.2) is 5.06 Å². The molecule has 18 heavy (non-hydrogen) atoms. The molecule has 0 saturated carbocycles. The summed E-state index contributed by atoms with van der Waals surface area (Å²) >= 11 is 1.20. The SMILES string of the molecule is CC(=O)Oc1sc(C(=O)c2ccccc2)cc1C. The van der Waals surface area contributed by atoms with Gasteiger partial charge < -0.3 is 4.74 Å². The van der Waals surface area contributed by atoms with Crippen molar-refractivity contribution < 1.29 is 14.3 Å². The van der Waals surface area contributed by atoms with E-state index in [1.807, 2.05) is 25.1 Å². The summed E-state index contributed by atoms with van der Waals surface area (Å²) in [6.45, 7) is 3.16. The van der Waals surface area contributed by atoms with Gasteiger partial charge in [-0.2, -0.15) is 0 Å². The van der Waals surface area contributed by atoms with Crippen molar-refractivity contribution in [2.45, 2.75) is 13.8 Å². The van der Waals surface area contributed by atoms with Crippen LogP contribution in [-0.2, 0) is 4.79 Å². The molecule has 0 unspecified atom stereocenters. The van der Waals surface area contributed by atoms with Crippen LogP contribution in [0.2, 0.25) is 0 Å². The molecule has 0 spiro atoms. The fourth-order valence-electron chi connectivity index (χ4n) is 1.54. The van der Waals surface area contributed by atoms with Crippen LogP contribution in [0.4, 0.5) is 0 Å². The molecule has 1 aromatic carbocycles. The maximum atomic E-state index is 12.2. The molecule has 0 bridgehead atoms. The molecule has 0 saturated heterocycles. The lowest BCUT2D eigenvalue weighted by Crippen LogP contribution is -2.00. The summed E-state index contributed by atoms with van der Waals surface area (Å²) in [5.74, 6) is -0.430. The first-order valence-corrected chi connectivity index (χ1v) is 6.28. The minimum absolute atomic E-state index is 0.0536. The molecule has 0 aliphatic rings.